The summed E-state index contributed by atoms with van der Waals surface area (Å²) in [5.74, 6) is 0.505. The van der Waals surface area contributed by atoms with Gasteiger partial charge < -0.3 is 5.32 Å². The van der Waals surface area contributed by atoms with Gasteiger partial charge in [0.1, 0.15) is 0 Å². The molecule has 2 nitrogen and oxygen atoms in total. The Morgan fingerprint density at radius 1 is 1.06 bits per heavy atom. The fourth-order valence-corrected chi connectivity index (χ4v) is 1.53. The van der Waals surface area contributed by atoms with Gasteiger partial charge in [-0.25, -0.2) is 0 Å². The Bertz CT molecular complexity index is 455. The number of anilines is 2. The smallest absolute Gasteiger partial charge is 0.0573 e. The van der Waals surface area contributed by atoms with Gasteiger partial charge in [-0.05, 0) is 29.7 Å². The highest BCUT2D eigenvalue weighted by molar-refractivity contribution is 5.59. The molecule has 0 radical (unpaired) electrons. The average Bonchev–Trinajstić information content (AvgIpc) is 2.30. The maximum absolute atomic E-state index is 4.24. The third-order valence-corrected chi connectivity index (χ3v) is 2.49. The van der Waals surface area contributed by atoms with Gasteiger partial charge in [-0.2, -0.15) is 0 Å². The summed E-state index contributed by atoms with van der Waals surface area (Å²) < 4.78 is 0. The van der Waals surface area contributed by atoms with Gasteiger partial charge in [-0.3, -0.25) is 4.98 Å². The van der Waals surface area contributed by atoms with Crippen LogP contribution in [0.3, 0.4) is 0 Å². The second kappa shape index (κ2) is 4.79. The van der Waals surface area contributed by atoms with Gasteiger partial charge in [-0.15, -0.1) is 0 Å². The molecule has 2 rings (SSSR count). The van der Waals surface area contributed by atoms with Gasteiger partial charge in [-0.1, -0.05) is 32.0 Å². The lowest BCUT2D eigenvalue weighted by molar-refractivity contribution is 0.859. The number of benzene rings is 1. The Labute approximate surface area is 97.8 Å². The molecular formula is C14H18N2. The van der Waals surface area contributed by atoms with Crippen LogP contribution in [-0.2, 0) is 0 Å². The molecule has 0 spiro atoms. The van der Waals surface area contributed by atoms with E-state index in [1.165, 1.54) is 5.56 Å². The van der Waals surface area contributed by atoms with Crippen LogP contribution in [0.5, 0.6) is 0 Å². The Balaban J connectivity index is 0.00000144. The van der Waals surface area contributed by atoms with Gasteiger partial charge in [0.15, 0.2) is 0 Å². The first-order valence-electron chi connectivity index (χ1n) is 5.53. The molecule has 0 aliphatic rings. The van der Waals surface area contributed by atoms with E-state index in [4.69, 9.17) is 0 Å². The van der Waals surface area contributed by atoms with Crippen molar-refractivity contribution in [1.82, 2.24) is 4.98 Å². The first kappa shape index (κ1) is 10.7. The normalized spacial score (nSPS) is 10.4. The highest BCUT2D eigenvalue weighted by Gasteiger charge is 2.01. The summed E-state index contributed by atoms with van der Waals surface area (Å²) >= 11 is 0. The molecule has 0 aliphatic carbocycles. The van der Waals surface area contributed by atoms with Crippen LogP contribution < -0.4 is 5.32 Å². The number of hydrogen-bond donors (Lipinski definition) is 1. The molecule has 1 N–H and O–H groups in total. The predicted molar refractivity (Wildman–Crippen MR) is 70.2 cm³/mol. The quantitative estimate of drug-likeness (QED) is 0.828. The number of pyridine rings is 1. The summed E-state index contributed by atoms with van der Waals surface area (Å²) in [5.41, 5.74) is 3.38. The lowest BCUT2D eigenvalue weighted by Crippen LogP contribution is -1.94. The highest BCUT2D eigenvalue weighted by Crippen LogP contribution is 2.20. The van der Waals surface area contributed by atoms with Crippen LogP contribution >= 0.6 is 0 Å². The van der Waals surface area contributed by atoms with E-state index in [2.05, 4.69) is 30.2 Å². The molecule has 0 unspecified atom stereocenters. The van der Waals surface area contributed by atoms with Crippen molar-refractivity contribution in [3.05, 3.63) is 54.4 Å². The molecule has 84 valence electrons. The minimum atomic E-state index is 0. The Hall–Kier alpha value is -1.83. The van der Waals surface area contributed by atoms with Crippen LogP contribution in [0.2, 0.25) is 0 Å². The number of nitrogens with zero attached hydrogens (tertiary/aromatic N) is 1. The first-order chi connectivity index (χ1) is 7.75. The van der Waals surface area contributed by atoms with E-state index in [9.17, 15) is 0 Å². The molecule has 2 heteroatoms. The number of nitrogens with one attached hydrogen (secondary N) is 1. The third-order valence-electron chi connectivity index (χ3n) is 2.49. The zero-order chi connectivity index (χ0) is 11.4. The average molecular weight is 214 g/mol. The fourth-order valence-electron chi connectivity index (χ4n) is 1.53. The van der Waals surface area contributed by atoms with Gasteiger partial charge in [0.05, 0.1) is 11.9 Å². The topological polar surface area (TPSA) is 24.9 Å². The lowest BCUT2D eigenvalue weighted by Gasteiger charge is -2.09. The standard InChI is InChI=1S/C14H16N2.H2/c1-11(2)12-8-14(10-15-9-12)16-13-6-4-3-5-7-13;/h3-11,16H,1-2H3;1H. The van der Waals surface area contributed by atoms with E-state index in [0.29, 0.717) is 5.92 Å². The monoisotopic (exact) mass is 214 g/mol. The molecule has 16 heavy (non-hydrogen) atoms. The van der Waals surface area contributed by atoms with Crippen molar-refractivity contribution in [3.8, 4) is 0 Å². The van der Waals surface area contributed by atoms with Gasteiger partial charge in [0, 0.05) is 13.3 Å². The molecule has 0 atom stereocenters. The van der Waals surface area contributed by atoms with Crippen molar-refractivity contribution >= 4 is 11.4 Å². The van der Waals surface area contributed by atoms with E-state index in [1.54, 1.807) is 0 Å². The van der Waals surface area contributed by atoms with Crippen molar-refractivity contribution in [2.75, 3.05) is 5.32 Å². The maximum atomic E-state index is 4.24. The summed E-state index contributed by atoms with van der Waals surface area (Å²) in [4.78, 5) is 4.24. The van der Waals surface area contributed by atoms with Crippen LogP contribution in [0, 0.1) is 0 Å². The molecule has 1 aromatic heterocycles. The van der Waals surface area contributed by atoms with E-state index >= 15 is 0 Å². The summed E-state index contributed by atoms with van der Waals surface area (Å²) in [6, 6.07) is 12.3. The van der Waals surface area contributed by atoms with Gasteiger partial charge in [0.25, 0.3) is 0 Å². The van der Waals surface area contributed by atoms with E-state index in [0.717, 1.165) is 11.4 Å². The summed E-state index contributed by atoms with van der Waals surface area (Å²) in [5, 5.41) is 3.34. The lowest BCUT2D eigenvalue weighted by atomic mass is 10.1. The van der Waals surface area contributed by atoms with E-state index in [-0.39, 0.29) is 1.43 Å². The van der Waals surface area contributed by atoms with Crippen LogP contribution in [-0.4, -0.2) is 4.98 Å². The molecule has 2 aromatic rings. The molecule has 1 aromatic carbocycles. The second-order valence-corrected chi connectivity index (χ2v) is 4.15. The Morgan fingerprint density at radius 3 is 2.50 bits per heavy atom. The van der Waals surface area contributed by atoms with Crippen molar-refractivity contribution in [1.29, 1.82) is 0 Å². The predicted octanol–water partition coefficient (Wildman–Crippen LogP) is 4.19. The minimum Gasteiger partial charge on any atom is -0.354 e. The number of para-hydroxylation sites is 1. The van der Waals surface area contributed by atoms with E-state index < -0.39 is 0 Å². The molecule has 0 aliphatic heterocycles. The highest BCUT2D eigenvalue weighted by atomic mass is 14.9. The van der Waals surface area contributed by atoms with Crippen molar-refractivity contribution < 1.29 is 1.43 Å². The van der Waals surface area contributed by atoms with Crippen LogP contribution in [0.1, 0.15) is 26.8 Å². The van der Waals surface area contributed by atoms with Crippen LogP contribution in [0.25, 0.3) is 0 Å². The molecule has 1 heterocycles. The number of aromatic nitrogens is 1. The molecule has 0 amide bonds. The van der Waals surface area contributed by atoms with Crippen LogP contribution in [0.15, 0.2) is 48.8 Å². The van der Waals surface area contributed by atoms with Crippen molar-refractivity contribution in [2.45, 2.75) is 19.8 Å². The zero-order valence-corrected chi connectivity index (χ0v) is 9.64. The second-order valence-electron chi connectivity index (χ2n) is 4.15. The van der Waals surface area contributed by atoms with Gasteiger partial charge >= 0.3 is 0 Å². The first-order valence-corrected chi connectivity index (χ1v) is 5.53. The summed E-state index contributed by atoms with van der Waals surface area (Å²) in [6.07, 6.45) is 3.76. The van der Waals surface area contributed by atoms with Crippen molar-refractivity contribution in [2.24, 2.45) is 0 Å². The third kappa shape index (κ3) is 2.60. The molecule has 0 bridgehead atoms. The maximum Gasteiger partial charge on any atom is 0.0573 e. The summed E-state index contributed by atoms with van der Waals surface area (Å²) in [7, 11) is 0. The Morgan fingerprint density at radius 2 is 1.81 bits per heavy atom. The Kier molecular flexibility index (Phi) is 3.20. The van der Waals surface area contributed by atoms with Gasteiger partial charge in [0.2, 0.25) is 0 Å². The molecule has 0 fully saturated rings. The molecule has 0 saturated heterocycles. The molecule has 0 saturated carbocycles. The SMILES string of the molecule is CC(C)c1cncc(Nc2ccccc2)c1.[HH]. The van der Waals surface area contributed by atoms with E-state index in [1.807, 2.05) is 42.7 Å². The largest absolute Gasteiger partial charge is 0.354 e. The molecular weight excluding hydrogens is 196 g/mol. The zero-order valence-electron chi connectivity index (χ0n) is 9.64. The fraction of sp³-hybridized carbons (Fsp3) is 0.214. The summed E-state index contributed by atoms with van der Waals surface area (Å²) in [6.45, 7) is 4.34. The van der Waals surface area contributed by atoms with Crippen LogP contribution in [0.4, 0.5) is 11.4 Å². The number of rotatable bonds is 3. The minimum absolute atomic E-state index is 0. The van der Waals surface area contributed by atoms with Crippen molar-refractivity contribution in [3.63, 3.8) is 0 Å². The number of hydrogen-bond acceptors (Lipinski definition) is 2.